The van der Waals surface area contributed by atoms with Gasteiger partial charge in [0.2, 0.25) is 11.8 Å². The van der Waals surface area contributed by atoms with Gasteiger partial charge in [0.25, 0.3) is 5.91 Å². The number of carbonyl (C=O) groups excluding carboxylic acids is 1. The Morgan fingerprint density at radius 3 is 2.53 bits per heavy atom. The smallest absolute Gasteiger partial charge is 0.252 e. The topological polar surface area (TPSA) is 142 Å². The van der Waals surface area contributed by atoms with Crippen LogP contribution >= 0.6 is 0 Å². The fourth-order valence-electron chi connectivity index (χ4n) is 5.55. The Balaban J connectivity index is 1.18. The maximum absolute atomic E-state index is 15.3. The molecular weight excluding hydrogens is 581 g/mol. The number of amides is 1. The van der Waals surface area contributed by atoms with Crippen molar-refractivity contribution in [1.82, 2.24) is 34.3 Å². The largest absolute Gasteiger partial charge is 0.491 e. The molecule has 2 N–H and O–H groups in total. The number of nitrogen functional groups attached to an aromatic ring is 1. The molecule has 1 atom stereocenters. The molecule has 1 saturated heterocycles. The highest BCUT2D eigenvalue weighted by molar-refractivity contribution is 5.92. The molecular formula is C31H30FN9O4. The summed E-state index contributed by atoms with van der Waals surface area (Å²) in [6, 6.07) is 16.4. The van der Waals surface area contributed by atoms with Crippen molar-refractivity contribution in [2.24, 2.45) is 0 Å². The molecule has 45 heavy (non-hydrogen) atoms. The molecule has 7 rings (SSSR count). The number of halogens is 1. The van der Waals surface area contributed by atoms with Crippen molar-refractivity contribution in [1.29, 1.82) is 0 Å². The van der Waals surface area contributed by atoms with E-state index in [1.165, 1.54) is 21.5 Å². The van der Waals surface area contributed by atoms with E-state index in [9.17, 15) is 4.79 Å². The molecule has 0 aliphatic carbocycles. The fourth-order valence-corrected chi connectivity index (χ4v) is 5.55. The summed E-state index contributed by atoms with van der Waals surface area (Å²) in [5.74, 6) is 0.754. The number of hydrogen-bond acceptors (Lipinski definition) is 10. The molecule has 1 fully saturated rings. The number of nitrogens with zero attached hydrogens (tertiary/aromatic N) is 8. The first-order valence-corrected chi connectivity index (χ1v) is 14.4. The SMILES string of the molecule is COCCOc1ccc(N2CCN(C(=O)[C@@H](c3ccccc3F)n3ncc4c3nc(N)n3nc(-c5ccco5)nc43)CC2)cc1. The van der Waals surface area contributed by atoms with Gasteiger partial charge in [-0.2, -0.15) is 14.6 Å². The van der Waals surface area contributed by atoms with Gasteiger partial charge in [-0.05, 0) is 42.5 Å². The molecule has 0 saturated carbocycles. The molecule has 14 heteroatoms. The molecule has 230 valence electrons. The summed E-state index contributed by atoms with van der Waals surface area (Å²) in [6.07, 6.45) is 3.07. The van der Waals surface area contributed by atoms with Crippen LogP contribution in [0.1, 0.15) is 11.6 Å². The number of rotatable bonds is 9. The summed E-state index contributed by atoms with van der Waals surface area (Å²) in [4.78, 5) is 27.3. The van der Waals surface area contributed by atoms with Crippen LogP contribution in [0.5, 0.6) is 5.75 Å². The highest BCUT2D eigenvalue weighted by Crippen LogP contribution is 2.30. The Kier molecular flexibility index (Phi) is 7.47. The first-order chi connectivity index (χ1) is 22.0. The molecule has 1 amide bonds. The van der Waals surface area contributed by atoms with E-state index in [0.717, 1.165) is 11.4 Å². The van der Waals surface area contributed by atoms with Crippen LogP contribution in [0.4, 0.5) is 16.0 Å². The second-order valence-corrected chi connectivity index (χ2v) is 10.5. The lowest BCUT2D eigenvalue weighted by Gasteiger charge is -2.37. The third-order valence-electron chi connectivity index (χ3n) is 7.82. The number of furan rings is 1. The molecule has 2 aromatic carbocycles. The van der Waals surface area contributed by atoms with E-state index < -0.39 is 11.9 Å². The molecule has 4 aromatic heterocycles. The zero-order valence-corrected chi connectivity index (χ0v) is 24.4. The van der Waals surface area contributed by atoms with Gasteiger partial charge < -0.3 is 29.4 Å². The number of fused-ring (bicyclic) bond motifs is 3. The van der Waals surface area contributed by atoms with Crippen LogP contribution in [0, 0.1) is 5.82 Å². The Morgan fingerprint density at radius 1 is 1.00 bits per heavy atom. The number of nitrogens with two attached hydrogens (primary N) is 1. The second kappa shape index (κ2) is 11.9. The van der Waals surface area contributed by atoms with E-state index in [1.54, 1.807) is 48.5 Å². The summed E-state index contributed by atoms with van der Waals surface area (Å²) in [5, 5.41) is 9.47. The quantitative estimate of drug-likeness (QED) is 0.242. The van der Waals surface area contributed by atoms with Crippen molar-refractivity contribution in [3.8, 4) is 17.3 Å². The van der Waals surface area contributed by atoms with Crippen molar-refractivity contribution in [2.45, 2.75) is 6.04 Å². The van der Waals surface area contributed by atoms with Gasteiger partial charge in [-0.15, -0.1) is 5.10 Å². The van der Waals surface area contributed by atoms with E-state index in [0.29, 0.717) is 62.0 Å². The minimum atomic E-state index is -1.12. The van der Waals surface area contributed by atoms with Gasteiger partial charge >= 0.3 is 0 Å². The third-order valence-corrected chi connectivity index (χ3v) is 7.82. The normalized spacial score (nSPS) is 14.4. The predicted molar refractivity (Wildman–Crippen MR) is 163 cm³/mol. The molecule has 0 radical (unpaired) electrons. The number of carbonyl (C=O) groups is 1. The van der Waals surface area contributed by atoms with Gasteiger partial charge in [-0.25, -0.2) is 14.1 Å². The molecule has 0 unspecified atom stereocenters. The average Bonchev–Trinajstić information content (AvgIpc) is 3.84. The average molecular weight is 612 g/mol. The van der Waals surface area contributed by atoms with E-state index in [2.05, 4.69) is 25.1 Å². The number of ether oxygens (including phenoxy) is 2. The van der Waals surface area contributed by atoms with Gasteiger partial charge in [0.15, 0.2) is 23.1 Å². The van der Waals surface area contributed by atoms with Gasteiger partial charge in [-0.1, -0.05) is 18.2 Å². The summed E-state index contributed by atoms with van der Waals surface area (Å²) < 4.78 is 34.3. The van der Waals surface area contributed by atoms with Crippen molar-refractivity contribution in [3.63, 3.8) is 0 Å². The van der Waals surface area contributed by atoms with Crippen LogP contribution in [0.3, 0.4) is 0 Å². The fraction of sp³-hybridized carbons (Fsp3) is 0.258. The third kappa shape index (κ3) is 5.29. The van der Waals surface area contributed by atoms with E-state index in [4.69, 9.17) is 19.6 Å². The highest BCUT2D eigenvalue weighted by atomic mass is 19.1. The Hall–Kier alpha value is -5.50. The molecule has 0 spiro atoms. The number of benzene rings is 2. The number of hydrogen-bond donors (Lipinski definition) is 1. The van der Waals surface area contributed by atoms with Crippen molar-refractivity contribution >= 4 is 34.2 Å². The van der Waals surface area contributed by atoms with Crippen LogP contribution in [0.25, 0.3) is 28.3 Å². The molecule has 1 aliphatic heterocycles. The lowest BCUT2D eigenvalue weighted by Crippen LogP contribution is -2.51. The molecule has 6 aromatic rings. The standard InChI is InChI=1S/C31H30FN9O4/c1-43-17-18-44-21-10-8-20(9-11-21)38-12-14-39(15-13-38)30(42)26(22-5-2-3-6-24(22)32)40-29-23(19-34-40)28-35-27(25-7-4-16-45-25)37-41(28)31(33)36-29/h2-11,16,19,26H,12-15,17-18H2,1H3,(H2,33,36)/t26-/m1/s1. The first kappa shape index (κ1) is 28.3. The van der Waals surface area contributed by atoms with Crippen molar-refractivity contribution < 1.29 is 23.1 Å². The van der Waals surface area contributed by atoms with Crippen molar-refractivity contribution in [2.75, 3.05) is 57.1 Å². The van der Waals surface area contributed by atoms with Crippen LogP contribution in [-0.4, -0.2) is 86.7 Å². The van der Waals surface area contributed by atoms with E-state index in [1.807, 2.05) is 24.3 Å². The molecule has 5 heterocycles. The minimum Gasteiger partial charge on any atom is -0.491 e. The highest BCUT2D eigenvalue weighted by Gasteiger charge is 2.34. The Labute approximate surface area is 256 Å². The van der Waals surface area contributed by atoms with Crippen LogP contribution in [0.2, 0.25) is 0 Å². The monoisotopic (exact) mass is 611 g/mol. The number of aromatic nitrogens is 6. The lowest BCUT2D eigenvalue weighted by atomic mass is 10.0. The minimum absolute atomic E-state index is 0.0352. The zero-order chi connectivity index (χ0) is 30.9. The summed E-state index contributed by atoms with van der Waals surface area (Å²) in [6.45, 7) is 3.06. The van der Waals surface area contributed by atoms with E-state index >= 15 is 4.39 Å². The zero-order valence-electron chi connectivity index (χ0n) is 24.4. The van der Waals surface area contributed by atoms with Crippen LogP contribution in [-0.2, 0) is 9.53 Å². The maximum Gasteiger partial charge on any atom is 0.252 e. The van der Waals surface area contributed by atoms with Gasteiger partial charge in [0.05, 0.1) is 24.5 Å². The lowest BCUT2D eigenvalue weighted by molar-refractivity contribution is -0.134. The van der Waals surface area contributed by atoms with Crippen molar-refractivity contribution in [3.05, 3.63) is 84.5 Å². The number of anilines is 2. The van der Waals surface area contributed by atoms with Gasteiger partial charge in [-0.3, -0.25) is 4.79 Å². The van der Waals surface area contributed by atoms with Crippen LogP contribution in [0.15, 0.2) is 77.5 Å². The van der Waals surface area contributed by atoms with Gasteiger partial charge in [0, 0.05) is 44.5 Å². The van der Waals surface area contributed by atoms with Crippen LogP contribution < -0.4 is 15.4 Å². The first-order valence-electron chi connectivity index (χ1n) is 14.4. The Morgan fingerprint density at radius 2 is 1.80 bits per heavy atom. The number of piperazine rings is 1. The second-order valence-electron chi connectivity index (χ2n) is 10.5. The molecule has 1 aliphatic rings. The summed E-state index contributed by atoms with van der Waals surface area (Å²) >= 11 is 0. The molecule has 13 nitrogen and oxygen atoms in total. The Bertz CT molecular complexity index is 1950. The van der Waals surface area contributed by atoms with E-state index in [-0.39, 0.29) is 23.1 Å². The summed E-state index contributed by atoms with van der Waals surface area (Å²) in [5.41, 5.74) is 8.18. The number of methoxy groups -OCH3 is 1. The molecule has 0 bridgehead atoms. The summed E-state index contributed by atoms with van der Waals surface area (Å²) in [7, 11) is 1.63. The maximum atomic E-state index is 15.3. The predicted octanol–water partition coefficient (Wildman–Crippen LogP) is 3.42. The van der Waals surface area contributed by atoms with Gasteiger partial charge in [0.1, 0.15) is 18.2 Å².